The molecule has 0 aromatic heterocycles. The van der Waals surface area contributed by atoms with Gasteiger partial charge >= 0.3 is 12.2 Å². The second-order valence-electron chi connectivity index (χ2n) is 2.48. The molecule has 1 amide bonds. The normalized spacial score (nSPS) is 11.8. The highest BCUT2D eigenvalue weighted by Crippen LogP contribution is 2.06. The first-order valence-electron chi connectivity index (χ1n) is 3.75. The van der Waals surface area contributed by atoms with E-state index in [9.17, 15) is 19.3 Å². The number of nitrogens with one attached hydrogen (secondary N) is 1. The van der Waals surface area contributed by atoms with E-state index in [1.807, 2.05) is 0 Å². The fourth-order valence-corrected chi connectivity index (χ4v) is 0.819. The molecule has 0 aliphatic heterocycles. The van der Waals surface area contributed by atoms with E-state index in [1.54, 1.807) is 18.2 Å². The number of benzene rings is 1. The Morgan fingerprint density at radius 2 is 2.00 bits per heavy atom. The van der Waals surface area contributed by atoms with Gasteiger partial charge in [-0.25, -0.2) is 0 Å². The number of para-hydroxylation sites is 1. The first-order valence-corrected chi connectivity index (χ1v) is 3.75. The zero-order valence-electron chi connectivity index (χ0n) is 7.01. The van der Waals surface area contributed by atoms with Crippen LogP contribution in [0, 0.1) is 10.1 Å². The molecule has 0 bridgehead atoms. The van der Waals surface area contributed by atoms with Crippen molar-refractivity contribution in [2.75, 3.05) is 5.32 Å². The predicted molar refractivity (Wildman–Crippen MR) is 47.0 cm³/mol. The number of nitrogens with zero attached hydrogens (tertiary/aromatic N) is 1. The van der Waals surface area contributed by atoms with Crippen LogP contribution >= 0.6 is 0 Å². The third-order valence-electron chi connectivity index (χ3n) is 1.44. The summed E-state index contributed by atoms with van der Waals surface area (Å²) >= 11 is 0. The molecule has 0 saturated heterocycles. The third-order valence-corrected chi connectivity index (χ3v) is 1.44. The minimum atomic E-state index is -2.73. The summed E-state index contributed by atoms with van der Waals surface area (Å²) in [6, 6.07) is 7.95. The maximum atomic E-state index is 12.5. The van der Waals surface area contributed by atoms with Crippen molar-refractivity contribution in [1.29, 1.82) is 0 Å². The van der Waals surface area contributed by atoms with Crippen molar-refractivity contribution in [1.82, 2.24) is 0 Å². The summed E-state index contributed by atoms with van der Waals surface area (Å²) in [5, 5.41) is 12.0. The quantitative estimate of drug-likeness (QED) is 0.450. The van der Waals surface area contributed by atoms with Gasteiger partial charge in [0.25, 0.3) is 0 Å². The largest absolute Gasteiger partial charge is 0.427 e. The van der Waals surface area contributed by atoms with E-state index in [-0.39, 0.29) is 0 Å². The van der Waals surface area contributed by atoms with Crippen LogP contribution in [-0.2, 0) is 4.79 Å². The number of hydrogen-bond acceptors (Lipinski definition) is 3. The van der Waals surface area contributed by atoms with Crippen LogP contribution in [0.5, 0.6) is 0 Å². The number of carbonyl (C=O) groups excluding carboxylic acids is 1. The molecule has 6 heteroatoms. The van der Waals surface area contributed by atoms with Crippen molar-refractivity contribution >= 4 is 11.6 Å². The van der Waals surface area contributed by atoms with Crippen molar-refractivity contribution in [3.8, 4) is 0 Å². The van der Waals surface area contributed by atoms with E-state index in [4.69, 9.17) is 0 Å². The topological polar surface area (TPSA) is 72.2 Å². The standard InChI is InChI=1S/C8H7FN2O3/c9-7(11(13)14)8(12)10-6-4-2-1-3-5-6/h1-5,7H,(H,10,12). The fraction of sp³-hybridized carbons (Fsp3) is 0.125. The van der Waals surface area contributed by atoms with Gasteiger partial charge in [-0.05, 0) is 12.1 Å². The lowest BCUT2D eigenvalue weighted by Gasteiger charge is -2.03. The summed E-state index contributed by atoms with van der Waals surface area (Å²) in [4.78, 5) is 19.4. The van der Waals surface area contributed by atoms with Gasteiger partial charge in [-0.15, -0.1) is 0 Å². The van der Waals surface area contributed by atoms with E-state index in [1.165, 1.54) is 12.1 Å². The minimum absolute atomic E-state index is 0.321. The number of anilines is 1. The minimum Gasteiger partial charge on any atom is -0.318 e. The highest BCUT2D eigenvalue weighted by Gasteiger charge is 2.28. The molecule has 1 aromatic rings. The van der Waals surface area contributed by atoms with E-state index < -0.39 is 17.1 Å². The summed E-state index contributed by atoms with van der Waals surface area (Å²) in [5.74, 6) is -1.28. The molecule has 1 aromatic carbocycles. The SMILES string of the molecule is O=C(Nc1ccccc1)C(F)[N+](=O)[O-]. The third kappa shape index (κ3) is 2.51. The molecule has 1 unspecified atom stereocenters. The average molecular weight is 198 g/mol. The summed E-state index contributed by atoms with van der Waals surface area (Å²) in [6.07, 6.45) is -2.73. The van der Waals surface area contributed by atoms with Crippen LogP contribution in [0.1, 0.15) is 0 Å². The highest BCUT2D eigenvalue weighted by atomic mass is 19.1. The molecule has 1 rings (SSSR count). The Labute approximate surface area is 78.7 Å². The average Bonchev–Trinajstić information content (AvgIpc) is 2.18. The molecule has 0 heterocycles. The number of alkyl halides is 1. The van der Waals surface area contributed by atoms with Gasteiger partial charge < -0.3 is 5.32 Å². The molecule has 0 aliphatic carbocycles. The van der Waals surface area contributed by atoms with Gasteiger partial charge in [-0.2, -0.15) is 4.39 Å². The van der Waals surface area contributed by atoms with Gasteiger partial charge in [0.15, 0.2) is 0 Å². The molecule has 0 saturated carbocycles. The van der Waals surface area contributed by atoms with Crippen molar-refractivity contribution in [3.63, 3.8) is 0 Å². The monoisotopic (exact) mass is 198 g/mol. The maximum absolute atomic E-state index is 12.5. The molecule has 0 spiro atoms. The van der Waals surface area contributed by atoms with Gasteiger partial charge in [0.2, 0.25) is 0 Å². The lowest BCUT2D eigenvalue weighted by Crippen LogP contribution is -2.30. The predicted octanol–water partition coefficient (Wildman–Crippen LogP) is 1.20. The van der Waals surface area contributed by atoms with Crippen molar-refractivity contribution in [2.24, 2.45) is 0 Å². The van der Waals surface area contributed by atoms with Crippen molar-refractivity contribution in [3.05, 3.63) is 40.4 Å². The van der Waals surface area contributed by atoms with Gasteiger partial charge in [0.05, 0.1) is 4.92 Å². The van der Waals surface area contributed by atoms with E-state index in [2.05, 4.69) is 5.32 Å². The maximum Gasteiger partial charge on any atom is 0.427 e. The van der Waals surface area contributed by atoms with Crippen LogP contribution in [0.3, 0.4) is 0 Å². The number of amides is 1. The van der Waals surface area contributed by atoms with Gasteiger partial charge in [-0.3, -0.25) is 14.9 Å². The molecule has 74 valence electrons. The van der Waals surface area contributed by atoms with Crippen molar-refractivity contribution < 1.29 is 14.1 Å². The molecule has 0 radical (unpaired) electrons. The Hall–Kier alpha value is -1.98. The number of carbonyl (C=O) groups is 1. The first-order chi connectivity index (χ1) is 6.61. The Morgan fingerprint density at radius 1 is 1.43 bits per heavy atom. The number of hydrogen-bond donors (Lipinski definition) is 1. The zero-order chi connectivity index (χ0) is 10.6. The molecular weight excluding hydrogens is 191 g/mol. The van der Waals surface area contributed by atoms with Crippen LogP contribution in [0.4, 0.5) is 10.1 Å². The molecule has 0 aliphatic rings. The van der Waals surface area contributed by atoms with Crippen LogP contribution in [0.15, 0.2) is 30.3 Å². The van der Waals surface area contributed by atoms with Gasteiger partial charge in [0.1, 0.15) is 0 Å². The van der Waals surface area contributed by atoms with Crippen LogP contribution in [-0.4, -0.2) is 17.1 Å². The van der Waals surface area contributed by atoms with Crippen LogP contribution in [0.25, 0.3) is 0 Å². The van der Waals surface area contributed by atoms with Crippen LogP contribution < -0.4 is 5.32 Å². The van der Waals surface area contributed by atoms with Gasteiger partial charge in [0, 0.05) is 5.69 Å². The second kappa shape index (κ2) is 4.31. The van der Waals surface area contributed by atoms with Gasteiger partial charge in [-0.1, -0.05) is 18.2 Å². The zero-order valence-corrected chi connectivity index (χ0v) is 7.01. The summed E-state index contributed by atoms with van der Waals surface area (Å²) in [7, 11) is 0. The Kier molecular flexibility index (Phi) is 3.11. The number of nitro groups is 1. The summed E-state index contributed by atoms with van der Waals surface area (Å²) in [6.45, 7) is 0. The summed E-state index contributed by atoms with van der Waals surface area (Å²) in [5.41, 5.74) is 0.321. The molecule has 5 nitrogen and oxygen atoms in total. The Morgan fingerprint density at radius 3 is 2.50 bits per heavy atom. The Balaban J connectivity index is 2.62. The molecule has 1 N–H and O–H groups in total. The van der Waals surface area contributed by atoms with E-state index in [0.29, 0.717) is 5.69 Å². The second-order valence-corrected chi connectivity index (χ2v) is 2.48. The smallest absolute Gasteiger partial charge is 0.318 e. The fourth-order valence-electron chi connectivity index (χ4n) is 0.819. The molecule has 1 atom stereocenters. The lowest BCUT2D eigenvalue weighted by molar-refractivity contribution is -0.535. The Bertz CT molecular complexity index is 342. The number of halogens is 1. The highest BCUT2D eigenvalue weighted by molar-refractivity contribution is 5.92. The lowest BCUT2D eigenvalue weighted by atomic mass is 10.3. The van der Waals surface area contributed by atoms with E-state index >= 15 is 0 Å². The molecule has 14 heavy (non-hydrogen) atoms. The molecule has 0 fully saturated rings. The van der Waals surface area contributed by atoms with E-state index in [0.717, 1.165) is 0 Å². The number of rotatable bonds is 3. The first kappa shape index (κ1) is 10.1. The van der Waals surface area contributed by atoms with Crippen molar-refractivity contribution in [2.45, 2.75) is 6.30 Å². The molecular formula is C8H7FN2O3. The summed E-state index contributed by atoms with van der Waals surface area (Å²) < 4.78 is 12.5. The van der Waals surface area contributed by atoms with Crippen LogP contribution in [0.2, 0.25) is 0 Å².